The summed E-state index contributed by atoms with van der Waals surface area (Å²) in [6, 6.07) is 16.8. The van der Waals surface area contributed by atoms with Gasteiger partial charge in [0, 0.05) is 15.3 Å². The highest BCUT2D eigenvalue weighted by atomic mass is 35.5. The molecule has 0 amide bonds. The monoisotopic (exact) mass is 362 g/mol. The lowest BCUT2D eigenvalue weighted by Gasteiger charge is -2.26. The second-order valence-corrected chi connectivity index (χ2v) is 7.12. The average molecular weight is 363 g/mol. The van der Waals surface area contributed by atoms with Crippen molar-refractivity contribution in [3.63, 3.8) is 0 Å². The molecule has 0 fully saturated rings. The fraction of sp³-hybridized carbons (Fsp3) is 0.0588. The molecule has 1 aromatic heterocycles. The molecule has 1 heterocycles. The van der Waals surface area contributed by atoms with Gasteiger partial charge in [-0.25, -0.2) is 0 Å². The molecular weight excluding hydrogens is 350 g/mol. The van der Waals surface area contributed by atoms with Crippen molar-refractivity contribution in [2.24, 2.45) is 0 Å². The van der Waals surface area contributed by atoms with E-state index in [-0.39, 0.29) is 0 Å². The van der Waals surface area contributed by atoms with Crippen molar-refractivity contribution in [1.29, 1.82) is 0 Å². The van der Waals surface area contributed by atoms with Gasteiger partial charge in [0.1, 0.15) is 0 Å². The van der Waals surface area contributed by atoms with E-state index < -0.39 is 11.3 Å². The quantitative estimate of drug-likeness (QED) is 0.590. The minimum Gasteiger partial charge on any atom is -0.755 e. The summed E-state index contributed by atoms with van der Waals surface area (Å²) in [6.07, 6.45) is 0. The van der Waals surface area contributed by atoms with Crippen LogP contribution in [0.3, 0.4) is 0 Å². The van der Waals surface area contributed by atoms with Crippen LogP contribution in [0.5, 0.6) is 0 Å². The van der Waals surface area contributed by atoms with E-state index in [9.17, 15) is 8.76 Å². The number of aryl methyl sites for hydroxylation is 1. The smallest absolute Gasteiger partial charge is 0.0651 e. The van der Waals surface area contributed by atoms with Crippen LogP contribution < -0.4 is 4.31 Å². The first-order chi connectivity index (χ1) is 11.1. The van der Waals surface area contributed by atoms with Crippen molar-refractivity contribution < 1.29 is 8.76 Å². The van der Waals surface area contributed by atoms with Crippen molar-refractivity contribution in [2.45, 2.75) is 6.92 Å². The fourth-order valence-electron chi connectivity index (χ4n) is 2.32. The summed E-state index contributed by atoms with van der Waals surface area (Å²) < 4.78 is 24.8. The van der Waals surface area contributed by atoms with Crippen LogP contribution in [0.25, 0.3) is 10.4 Å². The van der Waals surface area contributed by atoms with Crippen LogP contribution in [0, 0.1) is 6.92 Å². The number of anilines is 2. The minimum atomic E-state index is -2.40. The summed E-state index contributed by atoms with van der Waals surface area (Å²) in [5, 5.41) is 2.49. The molecule has 2 aromatic carbocycles. The molecule has 3 rings (SSSR count). The van der Waals surface area contributed by atoms with Crippen LogP contribution in [-0.2, 0) is 11.3 Å². The van der Waals surface area contributed by atoms with Gasteiger partial charge in [-0.2, -0.15) is 0 Å². The SMILES string of the molecule is Cc1ccccc1N(c1csc(-c2cccc(Cl)c2)c1)S(=O)[O-]. The molecule has 0 aliphatic heterocycles. The van der Waals surface area contributed by atoms with Crippen molar-refractivity contribution in [3.8, 4) is 10.4 Å². The molecule has 6 heteroatoms. The number of para-hydroxylation sites is 1. The molecule has 3 aromatic rings. The maximum absolute atomic E-state index is 11.8. The Labute approximate surface area is 146 Å². The van der Waals surface area contributed by atoms with Gasteiger partial charge in [0.25, 0.3) is 0 Å². The molecule has 0 N–H and O–H groups in total. The Morgan fingerprint density at radius 3 is 2.61 bits per heavy atom. The summed E-state index contributed by atoms with van der Waals surface area (Å²) in [7, 11) is 0. The van der Waals surface area contributed by atoms with Gasteiger partial charge in [0.05, 0.1) is 22.6 Å². The average Bonchev–Trinajstić information content (AvgIpc) is 2.99. The molecule has 1 unspecified atom stereocenters. The summed E-state index contributed by atoms with van der Waals surface area (Å²) in [4.78, 5) is 0.964. The van der Waals surface area contributed by atoms with E-state index in [1.165, 1.54) is 15.6 Å². The number of halogens is 1. The Morgan fingerprint density at radius 1 is 1.13 bits per heavy atom. The molecule has 0 saturated carbocycles. The predicted molar refractivity (Wildman–Crippen MR) is 97.0 cm³/mol. The van der Waals surface area contributed by atoms with Gasteiger partial charge in [-0.15, -0.1) is 11.3 Å². The van der Waals surface area contributed by atoms with Gasteiger partial charge >= 0.3 is 0 Å². The predicted octanol–water partition coefficient (Wildman–Crippen LogP) is 5.31. The molecule has 3 nitrogen and oxygen atoms in total. The Kier molecular flexibility index (Phi) is 4.82. The van der Waals surface area contributed by atoms with E-state index in [1.54, 1.807) is 6.07 Å². The summed E-state index contributed by atoms with van der Waals surface area (Å²) >= 11 is 5.11. The maximum atomic E-state index is 11.8. The molecule has 118 valence electrons. The van der Waals surface area contributed by atoms with Crippen molar-refractivity contribution in [1.82, 2.24) is 0 Å². The highest BCUT2D eigenvalue weighted by Crippen LogP contribution is 2.37. The molecule has 0 aliphatic rings. The number of thiophene rings is 1. The minimum absolute atomic E-state index is 0.618. The lowest BCUT2D eigenvalue weighted by molar-refractivity contribution is 0.537. The first-order valence-electron chi connectivity index (χ1n) is 6.86. The Bertz CT molecular complexity index is 863. The first-order valence-corrected chi connectivity index (χ1v) is 9.15. The second-order valence-electron chi connectivity index (χ2n) is 4.98. The van der Waals surface area contributed by atoms with Gasteiger partial charge < -0.3 is 4.55 Å². The Balaban J connectivity index is 2.03. The Hall–Kier alpha value is -1.66. The molecular formula is C17H13ClNO2S2-. The van der Waals surface area contributed by atoms with E-state index in [2.05, 4.69) is 0 Å². The van der Waals surface area contributed by atoms with E-state index in [4.69, 9.17) is 11.6 Å². The molecule has 0 bridgehead atoms. The number of hydrogen-bond acceptors (Lipinski definition) is 3. The third-order valence-electron chi connectivity index (χ3n) is 3.41. The number of benzene rings is 2. The fourth-order valence-corrected chi connectivity index (χ4v) is 4.10. The topological polar surface area (TPSA) is 43.4 Å². The van der Waals surface area contributed by atoms with E-state index in [0.29, 0.717) is 16.4 Å². The zero-order valence-electron chi connectivity index (χ0n) is 12.2. The highest BCUT2D eigenvalue weighted by molar-refractivity contribution is 7.81. The highest BCUT2D eigenvalue weighted by Gasteiger charge is 2.15. The first kappa shape index (κ1) is 16.2. The van der Waals surface area contributed by atoms with Crippen LogP contribution in [0.15, 0.2) is 60.0 Å². The molecule has 0 aliphatic carbocycles. The van der Waals surface area contributed by atoms with Crippen LogP contribution >= 0.6 is 22.9 Å². The van der Waals surface area contributed by atoms with Crippen LogP contribution in [0.1, 0.15) is 5.56 Å². The van der Waals surface area contributed by atoms with Gasteiger partial charge in [-0.1, -0.05) is 41.9 Å². The largest absolute Gasteiger partial charge is 0.755 e. The van der Waals surface area contributed by atoms with Gasteiger partial charge in [0.15, 0.2) is 0 Å². The normalized spacial score (nSPS) is 12.1. The molecule has 23 heavy (non-hydrogen) atoms. The lowest BCUT2D eigenvalue weighted by atomic mass is 10.2. The van der Waals surface area contributed by atoms with Gasteiger partial charge in [0.2, 0.25) is 0 Å². The van der Waals surface area contributed by atoms with Crippen molar-refractivity contribution >= 4 is 45.6 Å². The van der Waals surface area contributed by atoms with E-state index in [0.717, 1.165) is 16.0 Å². The molecule has 1 atom stereocenters. The van der Waals surface area contributed by atoms with Crippen molar-refractivity contribution in [3.05, 3.63) is 70.6 Å². The maximum Gasteiger partial charge on any atom is 0.0651 e. The zero-order valence-corrected chi connectivity index (χ0v) is 14.6. The van der Waals surface area contributed by atoms with Crippen LogP contribution in [-0.4, -0.2) is 8.76 Å². The van der Waals surface area contributed by atoms with Gasteiger partial charge in [-0.3, -0.25) is 8.51 Å². The lowest BCUT2D eigenvalue weighted by Crippen LogP contribution is -2.19. The number of rotatable bonds is 4. The standard InChI is InChI=1S/C17H14ClNO2S2/c1-12-5-2-3-8-16(12)19(23(20)21)15-10-17(22-11-15)13-6-4-7-14(18)9-13/h2-11H,1H3,(H,20,21)/p-1. The van der Waals surface area contributed by atoms with Crippen LogP contribution in [0.4, 0.5) is 11.4 Å². The van der Waals surface area contributed by atoms with Gasteiger partial charge in [-0.05, 0) is 42.3 Å². The second kappa shape index (κ2) is 6.84. The third kappa shape index (κ3) is 3.48. The van der Waals surface area contributed by atoms with Crippen LogP contribution in [0.2, 0.25) is 5.02 Å². The van der Waals surface area contributed by atoms with E-state index in [1.807, 2.05) is 60.8 Å². The van der Waals surface area contributed by atoms with Crippen molar-refractivity contribution in [2.75, 3.05) is 4.31 Å². The number of nitrogens with zero attached hydrogens (tertiary/aromatic N) is 1. The summed E-state index contributed by atoms with van der Waals surface area (Å²) in [5.41, 5.74) is 3.13. The summed E-state index contributed by atoms with van der Waals surface area (Å²) in [5.74, 6) is 0. The molecule has 0 spiro atoms. The summed E-state index contributed by atoms with van der Waals surface area (Å²) in [6.45, 7) is 1.89. The number of hydrogen-bond donors (Lipinski definition) is 0. The van der Waals surface area contributed by atoms with E-state index >= 15 is 0 Å². The zero-order chi connectivity index (χ0) is 16.4. The molecule has 0 radical (unpaired) electrons. The molecule has 0 saturated heterocycles. The third-order valence-corrected chi connectivity index (χ3v) is 5.32. The Morgan fingerprint density at radius 2 is 1.91 bits per heavy atom.